The summed E-state index contributed by atoms with van der Waals surface area (Å²) in [4.78, 5) is 12.5. The smallest absolute Gasteiger partial charge is 0.248 e. The summed E-state index contributed by atoms with van der Waals surface area (Å²) in [5, 5.41) is 7.67. The Labute approximate surface area is 148 Å². The molecule has 0 bridgehead atoms. The number of aromatic nitrogens is 2. The Kier molecular flexibility index (Phi) is 4.91. The van der Waals surface area contributed by atoms with Gasteiger partial charge in [-0.05, 0) is 37.0 Å². The number of nitrogens with zero attached hydrogens (tertiary/aromatic N) is 2. The van der Waals surface area contributed by atoms with Gasteiger partial charge in [0, 0.05) is 31.4 Å². The second-order valence-corrected chi connectivity index (χ2v) is 8.32. The van der Waals surface area contributed by atoms with Crippen molar-refractivity contribution in [3.63, 3.8) is 0 Å². The normalized spacial score (nSPS) is 21.7. The van der Waals surface area contributed by atoms with Crippen molar-refractivity contribution < 1.29 is 13.6 Å². The fourth-order valence-corrected chi connectivity index (χ4v) is 3.76. The second-order valence-electron chi connectivity index (χ2n) is 8.32. The summed E-state index contributed by atoms with van der Waals surface area (Å²) in [7, 11) is 1.83. The lowest BCUT2D eigenvalue weighted by Gasteiger charge is -2.35. The van der Waals surface area contributed by atoms with Crippen LogP contribution in [0.2, 0.25) is 0 Å². The zero-order valence-electron chi connectivity index (χ0n) is 15.6. The van der Waals surface area contributed by atoms with Gasteiger partial charge in [-0.15, -0.1) is 0 Å². The van der Waals surface area contributed by atoms with Crippen LogP contribution < -0.4 is 5.32 Å². The highest BCUT2D eigenvalue weighted by Crippen LogP contribution is 2.47. The number of halogens is 2. The molecule has 2 aliphatic carbocycles. The number of hydrogen-bond acceptors (Lipinski definition) is 2. The molecule has 1 aromatic rings. The van der Waals surface area contributed by atoms with Crippen molar-refractivity contribution in [2.75, 3.05) is 5.32 Å². The monoisotopic (exact) mass is 353 g/mol. The van der Waals surface area contributed by atoms with Crippen molar-refractivity contribution >= 4 is 11.7 Å². The molecule has 2 saturated carbocycles. The Morgan fingerprint density at radius 1 is 1.32 bits per heavy atom. The van der Waals surface area contributed by atoms with Crippen LogP contribution in [0, 0.1) is 17.8 Å². The molecule has 1 heterocycles. The summed E-state index contributed by atoms with van der Waals surface area (Å²) in [6, 6.07) is 0. The molecule has 0 saturated heterocycles. The van der Waals surface area contributed by atoms with Gasteiger partial charge in [-0.1, -0.05) is 27.2 Å². The second kappa shape index (κ2) is 6.69. The number of carbonyl (C=O) groups excluding carboxylic acids is 1. The van der Waals surface area contributed by atoms with Crippen molar-refractivity contribution in [2.24, 2.45) is 24.8 Å². The Balaban J connectivity index is 1.81. The molecule has 0 radical (unpaired) electrons. The van der Waals surface area contributed by atoms with Crippen molar-refractivity contribution in [3.8, 4) is 0 Å². The standard InChI is InChI=1S/C19H29F2N3O/c1-11(2)12(3)18(25)22-17-16(14-6-5-7-14)15(23-24(17)4)8-13-9-19(20,21)10-13/h11-14H,5-10H2,1-4H3,(H,22,25)/t12-/m1/s1. The Hall–Kier alpha value is -1.46. The molecule has 6 heteroatoms. The molecule has 140 valence electrons. The van der Waals surface area contributed by atoms with Crippen molar-refractivity contribution in [2.45, 2.75) is 71.1 Å². The summed E-state index contributed by atoms with van der Waals surface area (Å²) in [5.74, 6) is -1.16. The minimum Gasteiger partial charge on any atom is -0.310 e. The molecule has 2 aliphatic rings. The lowest BCUT2D eigenvalue weighted by molar-refractivity contribution is -0.120. The number of aryl methyl sites for hydroxylation is 1. The van der Waals surface area contributed by atoms with Gasteiger partial charge in [0.05, 0.1) is 5.69 Å². The van der Waals surface area contributed by atoms with E-state index in [1.165, 1.54) is 6.42 Å². The first kappa shape index (κ1) is 18.3. The number of carbonyl (C=O) groups is 1. The average molecular weight is 353 g/mol. The largest absolute Gasteiger partial charge is 0.310 e. The summed E-state index contributed by atoms with van der Waals surface area (Å²) >= 11 is 0. The molecular formula is C19H29F2N3O. The third-order valence-electron chi connectivity index (χ3n) is 5.99. The number of nitrogens with one attached hydrogen (secondary N) is 1. The van der Waals surface area contributed by atoms with E-state index in [1.54, 1.807) is 4.68 Å². The Morgan fingerprint density at radius 2 is 1.96 bits per heavy atom. The average Bonchev–Trinajstić information content (AvgIpc) is 2.71. The quantitative estimate of drug-likeness (QED) is 0.818. The molecule has 0 spiro atoms. The molecule has 1 N–H and O–H groups in total. The first-order chi connectivity index (χ1) is 11.7. The van der Waals surface area contributed by atoms with Crippen LogP contribution in [0.4, 0.5) is 14.6 Å². The lowest BCUT2D eigenvalue weighted by atomic mass is 9.75. The van der Waals surface area contributed by atoms with Gasteiger partial charge >= 0.3 is 0 Å². The third-order valence-corrected chi connectivity index (χ3v) is 5.99. The van der Waals surface area contributed by atoms with Gasteiger partial charge in [-0.25, -0.2) is 8.78 Å². The molecule has 4 nitrogen and oxygen atoms in total. The molecule has 3 rings (SSSR count). The molecule has 1 aromatic heterocycles. The molecule has 25 heavy (non-hydrogen) atoms. The van der Waals surface area contributed by atoms with Crippen molar-refractivity contribution in [1.29, 1.82) is 0 Å². The summed E-state index contributed by atoms with van der Waals surface area (Å²) in [5.41, 5.74) is 1.99. The van der Waals surface area contributed by atoms with Gasteiger partial charge in [0.25, 0.3) is 0 Å². The Bertz CT molecular complexity index is 641. The van der Waals surface area contributed by atoms with Gasteiger partial charge in [-0.3, -0.25) is 9.48 Å². The maximum Gasteiger partial charge on any atom is 0.248 e. The van der Waals surface area contributed by atoms with Crippen LogP contribution >= 0.6 is 0 Å². The number of alkyl halides is 2. The first-order valence-electron chi connectivity index (χ1n) is 9.42. The van der Waals surface area contributed by atoms with Crippen LogP contribution in [0.5, 0.6) is 0 Å². The SMILES string of the molecule is CC(C)[C@@H](C)C(=O)Nc1c(C2CCC2)c(CC2CC(F)(F)C2)nn1C. The zero-order valence-corrected chi connectivity index (χ0v) is 15.6. The third kappa shape index (κ3) is 3.72. The first-order valence-corrected chi connectivity index (χ1v) is 9.42. The highest BCUT2D eigenvalue weighted by molar-refractivity contribution is 5.92. The number of amides is 1. The summed E-state index contributed by atoms with van der Waals surface area (Å²) < 4.78 is 28.1. The predicted molar refractivity (Wildman–Crippen MR) is 93.8 cm³/mol. The topological polar surface area (TPSA) is 46.9 Å². The molecule has 0 unspecified atom stereocenters. The van der Waals surface area contributed by atoms with Crippen LogP contribution in [0.1, 0.15) is 70.1 Å². The zero-order chi connectivity index (χ0) is 18.4. The van der Waals surface area contributed by atoms with Crippen LogP contribution in [0.25, 0.3) is 0 Å². The van der Waals surface area contributed by atoms with Gasteiger partial charge in [0.15, 0.2) is 0 Å². The fraction of sp³-hybridized carbons (Fsp3) is 0.789. The van der Waals surface area contributed by atoms with Gasteiger partial charge in [0.2, 0.25) is 11.8 Å². The van der Waals surface area contributed by atoms with E-state index in [0.29, 0.717) is 12.3 Å². The predicted octanol–water partition coefficient (Wildman–Crippen LogP) is 4.51. The fourth-order valence-electron chi connectivity index (χ4n) is 3.76. The van der Waals surface area contributed by atoms with Crippen LogP contribution in [0.3, 0.4) is 0 Å². The van der Waals surface area contributed by atoms with E-state index in [0.717, 1.165) is 29.9 Å². The highest BCUT2D eigenvalue weighted by atomic mass is 19.3. The van der Waals surface area contributed by atoms with E-state index in [1.807, 2.05) is 27.8 Å². The summed E-state index contributed by atoms with van der Waals surface area (Å²) in [6.45, 7) is 5.99. The van der Waals surface area contributed by atoms with Crippen molar-refractivity contribution in [3.05, 3.63) is 11.3 Å². The molecule has 1 atom stereocenters. The molecule has 0 aromatic carbocycles. The van der Waals surface area contributed by atoms with E-state index in [-0.39, 0.29) is 36.5 Å². The van der Waals surface area contributed by atoms with E-state index in [9.17, 15) is 13.6 Å². The number of hydrogen-bond donors (Lipinski definition) is 1. The van der Waals surface area contributed by atoms with E-state index in [4.69, 9.17) is 0 Å². The molecule has 1 amide bonds. The van der Waals surface area contributed by atoms with E-state index in [2.05, 4.69) is 10.4 Å². The minimum atomic E-state index is -2.50. The summed E-state index contributed by atoms with van der Waals surface area (Å²) in [6.07, 6.45) is 3.85. The minimum absolute atomic E-state index is 0.000279. The van der Waals surface area contributed by atoms with Gasteiger partial charge in [-0.2, -0.15) is 5.10 Å². The number of rotatable bonds is 6. The van der Waals surface area contributed by atoms with Crippen LogP contribution in [-0.2, 0) is 18.3 Å². The Morgan fingerprint density at radius 3 is 2.44 bits per heavy atom. The van der Waals surface area contributed by atoms with Gasteiger partial charge < -0.3 is 5.32 Å². The highest BCUT2D eigenvalue weighted by Gasteiger charge is 2.46. The lowest BCUT2D eigenvalue weighted by Crippen LogP contribution is -2.36. The van der Waals surface area contributed by atoms with Crippen molar-refractivity contribution in [1.82, 2.24) is 9.78 Å². The van der Waals surface area contributed by atoms with Gasteiger partial charge in [0.1, 0.15) is 5.82 Å². The maximum atomic E-state index is 13.2. The molecule has 2 fully saturated rings. The molecule has 0 aliphatic heterocycles. The van der Waals surface area contributed by atoms with E-state index >= 15 is 0 Å². The van der Waals surface area contributed by atoms with E-state index < -0.39 is 5.92 Å². The molecular weight excluding hydrogens is 324 g/mol. The van der Waals surface area contributed by atoms with Crippen LogP contribution in [0.15, 0.2) is 0 Å². The number of anilines is 1. The maximum absolute atomic E-state index is 13.2. The van der Waals surface area contributed by atoms with Crippen LogP contribution in [-0.4, -0.2) is 21.6 Å².